The van der Waals surface area contributed by atoms with Gasteiger partial charge in [-0.2, -0.15) is 0 Å². The van der Waals surface area contributed by atoms with Crippen molar-refractivity contribution in [2.75, 3.05) is 0 Å². The van der Waals surface area contributed by atoms with Crippen LogP contribution in [0, 0.1) is 6.92 Å². The van der Waals surface area contributed by atoms with E-state index in [-0.39, 0.29) is 0 Å². The summed E-state index contributed by atoms with van der Waals surface area (Å²) in [5, 5.41) is 12.1. The molecule has 2 bridgehead atoms. The first-order chi connectivity index (χ1) is 8.24. The molecule has 0 aliphatic heterocycles. The molecule has 1 aromatic rings. The number of benzene rings is 1. The van der Waals surface area contributed by atoms with Crippen LogP contribution in [0.25, 0.3) is 11.6 Å². The normalized spacial score (nSPS) is 16.8. The van der Waals surface area contributed by atoms with Crippen LogP contribution < -0.4 is 10.4 Å². The number of rotatable bonds is 0. The van der Waals surface area contributed by atoms with Crippen molar-refractivity contribution in [1.82, 2.24) is 0 Å². The van der Waals surface area contributed by atoms with Crippen molar-refractivity contribution < 1.29 is 5.11 Å². The molecule has 84 valence electrons. The summed E-state index contributed by atoms with van der Waals surface area (Å²) >= 11 is 0. The Hall–Kier alpha value is -2.02. The van der Waals surface area contributed by atoms with E-state index in [1.807, 2.05) is 25.1 Å². The van der Waals surface area contributed by atoms with Gasteiger partial charge in [0.05, 0.1) is 0 Å². The van der Waals surface area contributed by atoms with Gasteiger partial charge in [0.2, 0.25) is 0 Å². The Balaban J connectivity index is 2.47. The maximum atomic E-state index is 9.71. The summed E-state index contributed by atoms with van der Waals surface area (Å²) in [5.74, 6) is 0.348. The zero-order valence-electron chi connectivity index (χ0n) is 9.77. The molecule has 0 spiro atoms. The Morgan fingerprint density at radius 2 is 2.00 bits per heavy atom. The first-order valence-corrected chi connectivity index (χ1v) is 5.82. The molecule has 1 aromatic carbocycles. The second-order valence-corrected chi connectivity index (χ2v) is 4.56. The lowest BCUT2D eigenvalue weighted by Gasteiger charge is -2.13. The summed E-state index contributed by atoms with van der Waals surface area (Å²) in [4.78, 5) is 0. The Labute approximate surface area is 100 Å². The molecule has 3 rings (SSSR count). The van der Waals surface area contributed by atoms with Crippen LogP contribution in [-0.2, 0) is 0 Å². The summed E-state index contributed by atoms with van der Waals surface area (Å²) in [7, 11) is 0. The monoisotopic (exact) mass is 222 g/mol. The quantitative estimate of drug-likeness (QED) is 0.712. The number of aromatic hydroxyl groups is 1. The fourth-order valence-corrected chi connectivity index (χ4v) is 2.46. The largest absolute Gasteiger partial charge is 0.508 e. The second kappa shape index (κ2) is 3.77. The van der Waals surface area contributed by atoms with Crippen molar-refractivity contribution in [3.05, 3.63) is 64.1 Å². The van der Waals surface area contributed by atoms with Gasteiger partial charge in [-0.15, -0.1) is 0 Å². The highest BCUT2D eigenvalue weighted by molar-refractivity contribution is 5.71. The number of hydrogen-bond donors (Lipinski definition) is 1. The molecule has 0 amide bonds. The Morgan fingerprint density at radius 1 is 1.12 bits per heavy atom. The van der Waals surface area contributed by atoms with Crippen molar-refractivity contribution in [2.24, 2.45) is 0 Å². The molecule has 0 unspecified atom stereocenters. The lowest BCUT2D eigenvalue weighted by atomic mass is 9.92. The molecule has 0 aromatic heterocycles. The van der Waals surface area contributed by atoms with Crippen LogP contribution in [0.2, 0.25) is 0 Å². The average Bonchev–Trinajstić information content (AvgIpc) is 2.26. The minimum atomic E-state index is 0.348. The van der Waals surface area contributed by atoms with Gasteiger partial charge in [0, 0.05) is 0 Å². The van der Waals surface area contributed by atoms with E-state index in [2.05, 4.69) is 30.4 Å². The molecule has 0 atom stereocenters. The Bertz CT molecular complexity index is 685. The predicted molar refractivity (Wildman–Crippen MR) is 70.9 cm³/mol. The van der Waals surface area contributed by atoms with Crippen LogP contribution in [-0.4, -0.2) is 5.11 Å². The summed E-state index contributed by atoms with van der Waals surface area (Å²) in [6.45, 7) is 2.04. The summed E-state index contributed by atoms with van der Waals surface area (Å²) in [6, 6.07) is 3.68. The summed E-state index contributed by atoms with van der Waals surface area (Å²) in [6.07, 6.45) is 13.6. The molecule has 17 heavy (non-hydrogen) atoms. The number of hydrogen-bond acceptors (Lipinski definition) is 1. The first kappa shape index (κ1) is 10.2. The molecule has 1 nitrogen and oxygen atoms in total. The zero-order chi connectivity index (χ0) is 11.8. The smallest absolute Gasteiger partial charge is 0.116 e. The highest BCUT2D eigenvalue weighted by Gasteiger charge is 2.09. The number of phenols is 1. The maximum Gasteiger partial charge on any atom is 0.116 e. The lowest BCUT2D eigenvalue weighted by Crippen LogP contribution is -2.32. The van der Waals surface area contributed by atoms with E-state index in [0.29, 0.717) is 5.75 Å². The van der Waals surface area contributed by atoms with E-state index >= 15 is 0 Å². The van der Waals surface area contributed by atoms with Crippen molar-refractivity contribution in [1.29, 1.82) is 0 Å². The van der Waals surface area contributed by atoms with E-state index < -0.39 is 0 Å². The van der Waals surface area contributed by atoms with Crippen molar-refractivity contribution in [2.45, 2.75) is 13.3 Å². The Kier molecular flexibility index (Phi) is 2.25. The van der Waals surface area contributed by atoms with Crippen LogP contribution in [0.4, 0.5) is 0 Å². The van der Waals surface area contributed by atoms with Crippen LogP contribution in [0.3, 0.4) is 0 Å². The van der Waals surface area contributed by atoms with Crippen LogP contribution in [0.5, 0.6) is 5.75 Å². The van der Waals surface area contributed by atoms with Gasteiger partial charge in [-0.1, -0.05) is 36.5 Å². The fraction of sp³-hybridized carbons (Fsp3) is 0.125. The minimum absolute atomic E-state index is 0.348. The van der Waals surface area contributed by atoms with Gasteiger partial charge in [-0.05, 0) is 52.6 Å². The molecule has 0 heterocycles. The van der Waals surface area contributed by atoms with Gasteiger partial charge >= 0.3 is 0 Å². The molecule has 0 radical (unpaired) electrons. The molecule has 0 fully saturated rings. The van der Waals surface area contributed by atoms with Crippen molar-refractivity contribution >= 4 is 11.6 Å². The zero-order valence-corrected chi connectivity index (χ0v) is 9.77. The SMILES string of the molecule is Cc1cc(O)cc2c1=CC1=CC=CC=CC=2C1. The second-order valence-electron chi connectivity index (χ2n) is 4.56. The van der Waals surface area contributed by atoms with Crippen LogP contribution >= 0.6 is 0 Å². The van der Waals surface area contributed by atoms with E-state index in [1.165, 1.54) is 16.4 Å². The number of phenolic OH excluding ortho intramolecular Hbond substituents is 1. The van der Waals surface area contributed by atoms with Crippen molar-refractivity contribution in [3.8, 4) is 5.75 Å². The van der Waals surface area contributed by atoms with Gasteiger partial charge in [0.1, 0.15) is 5.75 Å². The molecule has 1 N–H and O–H groups in total. The predicted octanol–water partition coefficient (Wildman–Crippen LogP) is 2.09. The van der Waals surface area contributed by atoms with Crippen LogP contribution in [0.15, 0.2) is 48.1 Å². The molecular weight excluding hydrogens is 208 g/mol. The van der Waals surface area contributed by atoms with Crippen LogP contribution in [0.1, 0.15) is 12.0 Å². The van der Waals surface area contributed by atoms with Gasteiger partial charge in [0.25, 0.3) is 0 Å². The summed E-state index contributed by atoms with van der Waals surface area (Å²) < 4.78 is 0. The third kappa shape index (κ3) is 1.74. The van der Waals surface area contributed by atoms with Crippen molar-refractivity contribution in [3.63, 3.8) is 0 Å². The first-order valence-electron chi connectivity index (χ1n) is 5.82. The molecule has 2 aliphatic rings. The highest BCUT2D eigenvalue weighted by Crippen LogP contribution is 2.19. The summed E-state index contributed by atoms with van der Waals surface area (Å²) in [5.41, 5.74) is 3.72. The lowest BCUT2D eigenvalue weighted by molar-refractivity contribution is 0.474. The number of allylic oxidation sites excluding steroid dienone is 6. The van der Waals surface area contributed by atoms with E-state index in [9.17, 15) is 5.11 Å². The average molecular weight is 222 g/mol. The minimum Gasteiger partial charge on any atom is -0.508 e. The fourth-order valence-electron chi connectivity index (χ4n) is 2.46. The Morgan fingerprint density at radius 3 is 2.88 bits per heavy atom. The van der Waals surface area contributed by atoms with E-state index in [1.54, 1.807) is 0 Å². The molecule has 0 saturated carbocycles. The third-order valence-electron chi connectivity index (χ3n) is 3.27. The topological polar surface area (TPSA) is 20.2 Å². The number of fused-ring (bicyclic) bond motifs is 3. The molecule has 1 heteroatoms. The maximum absolute atomic E-state index is 9.71. The van der Waals surface area contributed by atoms with E-state index in [4.69, 9.17) is 0 Å². The van der Waals surface area contributed by atoms with Gasteiger partial charge in [-0.25, -0.2) is 0 Å². The van der Waals surface area contributed by atoms with Gasteiger partial charge < -0.3 is 5.11 Å². The number of aryl methyl sites for hydroxylation is 1. The highest BCUT2D eigenvalue weighted by atomic mass is 16.3. The molecule has 0 saturated heterocycles. The third-order valence-corrected chi connectivity index (χ3v) is 3.27. The standard InChI is InChI=1S/C16H14O/c1-11-7-14(17)10-16-13-6-4-2-3-5-12(8-13)9-15(11)16/h2-7,9-10,17H,8H2,1H3. The van der Waals surface area contributed by atoms with Gasteiger partial charge in [0.15, 0.2) is 0 Å². The molecule has 2 aliphatic carbocycles. The van der Waals surface area contributed by atoms with E-state index in [0.717, 1.165) is 17.2 Å². The van der Waals surface area contributed by atoms with Gasteiger partial charge in [-0.3, -0.25) is 0 Å². The molecular formula is C16H14O.